The molecule has 3 rings (SSSR count). The molecule has 3 atom stereocenters. The summed E-state index contributed by atoms with van der Waals surface area (Å²) in [6.07, 6.45) is 3.97. The van der Waals surface area contributed by atoms with Crippen molar-refractivity contribution in [3.63, 3.8) is 0 Å². The van der Waals surface area contributed by atoms with Crippen LogP contribution in [0.15, 0.2) is 0 Å². The number of hydrogen-bond donors (Lipinski definition) is 1. The van der Waals surface area contributed by atoms with E-state index in [0.29, 0.717) is 11.9 Å². The number of carbonyl (C=O) groups excluding carboxylic acids is 1. The molecule has 72 valence electrons. The minimum Gasteiger partial charge on any atom is -0.326 e. The van der Waals surface area contributed by atoms with Crippen LogP contribution in [-0.4, -0.2) is 29.6 Å². The molecule has 1 saturated heterocycles. The van der Waals surface area contributed by atoms with Crippen LogP contribution in [0.2, 0.25) is 0 Å². The molecule has 3 nitrogen and oxygen atoms in total. The lowest BCUT2D eigenvalue weighted by atomic mass is 10.1. The SMILES string of the molecule is CC1NCN(C2CC3CC3C2)C1=O. The van der Waals surface area contributed by atoms with Gasteiger partial charge < -0.3 is 4.90 Å². The average Bonchev–Trinajstić information content (AvgIpc) is 2.58. The molecule has 1 aliphatic heterocycles. The first kappa shape index (κ1) is 7.80. The second-order valence-corrected chi connectivity index (χ2v) is 4.77. The molecule has 0 bridgehead atoms. The molecule has 3 heteroatoms. The zero-order valence-electron chi connectivity index (χ0n) is 7.99. The lowest BCUT2D eigenvalue weighted by Gasteiger charge is -2.24. The Morgan fingerprint density at radius 2 is 2.00 bits per heavy atom. The molecule has 3 fully saturated rings. The minimum atomic E-state index is 0.0527. The van der Waals surface area contributed by atoms with E-state index in [1.807, 2.05) is 6.92 Å². The molecule has 0 spiro atoms. The van der Waals surface area contributed by atoms with Gasteiger partial charge in [-0.05, 0) is 38.0 Å². The maximum Gasteiger partial charge on any atom is 0.240 e. The summed E-state index contributed by atoms with van der Waals surface area (Å²) in [5, 5.41) is 3.20. The Hall–Kier alpha value is -0.570. The van der Waals surface area contributed by atoms with Gasteiger partial charge in [-0.3, -0.25) is 10.1 Å². The first-order chi connectivity index (χ1) is 6.25. The van der Waals surface area contributed by atoms with Gasteiger partial charge in [0.05, 0.1) is 12.7 Å². The van der Waals surface area contributed by atoms with Crippen molar-refractivity contribution < 1.29 is 4.79 Å². The number of fused-ring (bicyclic) bond motifs is 1. The summed E-state index contributed by atoms with van der Waals surface area (Å²) in [5.41, 5.74) is 0. The Kier molecular flexibility index (Phi) is 1.48. The van der Waals surface area contributed by atoms with E-state index in [4.69, 9.17) is 0 Å². The normalized spacial score (nSPS) is 48.4. The summed E-state index contributed by atoms with van der Waals surface area (Å²) in [6.45, 7) is 2.74. The summed E-state index contributed by atoms with van der Waals surface area (Å²) >= 11 is 0. The van der Waals surface area contributed by atoms with Crippen LogP contribution in [0.25, 0.3) is 0 Å². The van der Waals surface area contributed by atoms with Crippen molar-refractivity contribution in [1.82, 2.24) is 10.2 Å². The van der Waals surface area contributed by atoms with Gasteiger partial charge in [0.25, 0.3) is 0 Å². The van der Waals surface area contributed by atoms with Crippen molar-refractivity contribution in [1.29, 1.82) is 0 Å². The summed E-state index contributed by atoms with van der Waals surface area (Å²) in [6, 6.07) is 0.616. The topological polar surface area (TPSA) is 32.3 Å². The zero-order valence-corrected chi connectivity index (χ0v) is 7.99. The Bertz CT molecular complexity index is 243. The van der Waals surface area contributed by atoms with E-state index in [1.165, 1.54) is 19.3 Å². The summed E-state index contributed by atoms with van der Waals surface area (Å²) in [4.78, 5) is 13.7. The van der Waals surface area contributed by atoms with Crippen LogP contribution in [0.1, 0.15) is 26.2 Å². The molecule has 0 aromatic rings. The lowest BCUT2D eigenvalue weighted by Crippen LogP contribution is -2.37. The third-order valence-electron chi connectivity index (χ3n) is 3.88. The number of hydrogen-bond acceptors (Lipinski definition) is 2. The van der Waals surface area contributed by atoms with Gasteiger partial charge in [0.2, 0.25) is 5.91 Å². The van der Waals surface area contributed by atoms with Gasteiger partial charge in [0.15, 0.2) is 0 Å². The Labute approximate surface area is 78.5 Å². The first-order valence-corrected chi connectivity index (χ1v) is 5.29. The van der Waals surface area contributed by atoms with Gasteiger partial charge in [-0.1, -0.05) is 0 Å². The van der Waals surface area contributed by atoms with E-state index in [2.05, 4.69) is 10.2 Å². The molecule has 0 aromatic carbocycles. The zero-order chi connectivity index (χ0) is 9.00. The number of nitrogens with one attached hydrogen (secondary N) is 1. The highest BCUT2D eigenvalue weighted by Crippen LogP contribution is 2.53. The van der Waals surface area contributed by atoms with Gasteiger partial charge in [-0.15, -0.1) is 0 Å². The molecule has 2 saturated carbocycles. The summed E-state index contributed by atoms with van der Waals surface area (Å²) in [5.74, 6) is 2.24. The van der Waals surface area contributed by atoms with Gasteiger partial charge in [-0.2, -0.15) is 0 Å². The van der Waals surface area contributed by atoms with E-state index in [1.54, 1.807) is 0 Å². The van der Waals surface area contributed by atoms with Gasteiger partial charge in [-0.25, -0.2) is 0 Å². The fourth-order valence-electron chi connectivity index (χ4n) is 2.90. The van der Waals surface area contributed by atoms with Gasteiger partial charge >= 0.3 is 0 Å². The van der Waals surface area contributed by atoms with E-state index >= 15 is 0 Å². The molecule has 0 radical (unpaired) electrons. The smallest absolute Gasteiger partial charge is 0.240 e. The van der Waals surface area contributed by atoms with Crippen molar-refractivity contribution in [3.8, 4) is 0 Å². The fraction of sp³-hybridized carbons (Fsp3) is 0.900. The van der Waals surface area contributed by atoms with Crippen LogP contribution >= 0.6 is 0 Å². The highest BCUT2D eigenvalue weighted by atomic mass is 16.2. The third-order valence-corrected chi connectivity index (χ3v) is 3.88. The lowest BCUT2D eigenvalue weighted by molar-refractivity contribution is -0.130. The predicted molar refractivity (Wildman–Crippen MR) is 48.9 cm³/mol. The van der Waals surface area contributed by atoms with Crippen LogP contribution in [0.4, 0.5) is 0 Å². The van der Waals surface area contributed by atoms with E-state index < -0.39 is 0 Å². The predicted octanol–water partition coefficient (Wildman–Crippen LogP) is 0.563. The van der Waals surface area contributed by atoms with Crippen molar-refractivity contribution in [2.45, 2.75) is 38.3 Å². The van der Waals surface area contributed by atoms with Crippen LogP contribution < -0.4 is 5.32 Å². The standard InChI is InChI=1S/C10H16N2O/c1-6-10(13)12(5-11-6)9-3-7-2-8(7)4-9/h6-9,11H,2-5H2,1H3. The van der Waals surface area contributed by atoms with Crippen LogP contribution in [0.3, 0.4) is 0 Å². The quantitative estimate of drug-likeness (QED) is 0.639. The van der Waals surface area contributed by atoms with Crippen LogP contribution in [0, 0.1) is 11.8 Å². The van der Waals surface area contributed by atoms with Crippen LogP contribution in [0.5, 0.6) is 0 Å². The molecule has 3 unspecified atom stereocenters. The van der Waals surface area contributed by atoms with Gasteiger partial charge in [0, 0.05) is 6.04 Å². The highest BCUT2D eigenvalue weighted by molar-refractivity contribution is 5.83. The molecule has 2 aliphatic carbocycles. The second kappa shape index (κ2) is 2.47. The number of nitrogens with zero attached hydrogens (tertiary/aromatic N) is 1. The Balaban J connectivity index is 1.69. The first-order valence-electron chi connectivity index (χ1n) is 5.29. The summed E-state index contributed by atoms with van der Waals surface area (Å²) < 4.78 is 0. The van der Waals surface area contributed by atoms with Crippen LogP contribution in [-0.2, 0) is 4.79 Å². The maximum atomic E-state index is 11.7. The van der Waals surface area contributed by atoms with E-state index in [0.717, 1.165) is 18.5 Å². The Morgan fingerprint density at radius 3 is 2.54 bits per heavy atom. The van der Waals surface area contributed by atoms with E-state index in [9.17, 15) is 4.79 Å². The molecule has 3 aliphatic rings. The fourth-order valence-corrected chi connectivity index (χ4v) is 2.90. The van der Waals surface area contributed by atoms with Gasteiger partial charge in [0.1, 0.15) is 0 Å². The maximum absolute atomic E-state index is 11.7. The van der Waals surface area contributed by atoms with Crippen molar-refractivity contribution in [3.05, 3.63) is 0 Å². The van der Waals surface area contributed by atoms with Crippen molar-refractivity contribution >= 4 is 5.91 Å². The molecule has 1 amide bonds. The van der Waals surface area contributed by atoms with Crippen molar-refractivity contribution in [2.75, 3.05) is 6.67 Å². The second-order valence-electron chi connectivity index (χ2n) is 4.77. The third kappa shape index (κ3) is 1.10. The van der Waals surface area contributed by atoms with Crippen molar-refractivity contribution in [2.24, 2.45) is 11.8 Å². The molecule has 1 heterocycles. The number of rotatable bonds is 1. The summed E-state index contributed by atoms with van der Waals surface area (Å²) in [7, 11) is 0. The average molecular weight is 180 g/mol. The monoisotopic (exact) mass is 180 g/mol. The molecular weight excluding hydrogens is 164 g/mol. The minimum absolute atomic E-state index is 0.0527. The molecule has 13 heavy (non-hydrogen) atoms. The molecule has 0 aromatic heterocycles. The molecular formula is C10H16N2O. The highest BCUT2D eigenvalue weighted by Gasteiger charge is 2.49. The molecule has 1 N–H and O–H groups in total. The number of amides is 1. The Morgan fingerprint density at radius 1 is 1.31 bits per heavy atom. The van der Waals surface area contributed by atoms with E-state index in [-0.39, 0.29) is 6.04 Å². The number of carbonyl (C=O) groups is 1. The largest absolute Gasteiger partial charge is 0.326 e.